The number of carbonyl (C=O) groups excluding carboxylic acids is 1. The molecule has 3 atom stereocenters. The van der Waals surface area contributed by atoms with Crippen LogP contribution in [0.25, 0.3) is 16.9 Å². The van der Waals surface area contributed by atoms with E-state index < -0.39 is 5.60 Å². The Labute approximate surface area is 179 Å². The van der Waals surface area contributed by atoms with E-state index >= 15 is 0 Å². The molecular formula is C22H26N6O3. The first-order valence-corrected chi connectivity index (χ1v) is 11.0. The van der Waals surface area contributed by atoms with E-state index in [-0.39, 0.29) is 17.9 Å². The summed E-state index contributed by atoms with van der Waals surface area (Å²) in [5.41, 5.74) is 0.432. The highest BCUT2D eigenvalue weighted by Gasteiger charge is 2.50. The molecule has 162 valence electrons. The smallest absolute Gasteiger partial charge is 0.167 e. The molecule has 2 unspecified atom stereocenters. The molecule has 6 rings (SSSR count). The Balaban J connectivity index is 1.54. The number of ketones is 1. The molecule has 3 aromatic heterocycles. The third-order valence-electron chi connectivity index (χ3n) is 7.24. The second kappa shape index (κ2) is 6.86. The van der Waals surface area contributed by atoms with Crippen LogP contribution >= 0.6 is 0 Å². The highest BCUT2D eigenvalue weighted by Crippen LogP contribution is 2.50. The Hall–Kier alpha value is -2.78. The fourth-order valence-electron chi connectivity index (χ4n) is 5.67. The van der Waals surface area contributed by atoms with Crippen LogP contribution in [0.2, 0.25) is 0 Å². The van der Waals surface area contributed by atoms with E-state index in [2.05, 4.69) is 27.1 Å². The average Bonchev–Trinajstić information content (AvgIpc) is 3.47. The molecule has 0 aromatic carbocycles. The number of aromatic nitrogens is 5. The van der Waals surface area contributed by atoms with Gasteiger partial charge in [0.2, 0.25) is 0 Å². The summed E-state index contributed by atoms with van der Waals surface area (Å²) in [6, 6.07) is 4.03. The first-order chi connectivity index (χ1) is 15.0. The molecule has 2 aliphatic carbocycles. The van der Waals surface area contributed by atoms with Crippen LogP contribution in [0.3, 0.4) is 0 Å². The number of fused-ring (bicyclic) bond motifs is 3. The molecule has 0 radical (unpaired) electrons. The minimum Gasteiger partial charge on any atom is -0.385 e. The lowest BCUT2D eigenvalue weighted by Crippen LogP contribution is -2.44. The number of morpholine rings is 1. The maximum absolute atomic E-state index is 12.5. The first kappa shape index (κ1) is 18.9. The van der Waals surface area contributed by atoms with Gasteiger partial charge in [-0.1, -0.05) is 0 Å². The quantitative estimate of drug-likeness (QED) is 0.664. The number of hydrogen-bond donors (Lipinski definition) is 2. The number of Topliss-reactive ketones (excluding diaryl/α,β-unsaturated/α-hetero) is 1. The van der Waals surface area contributed by atoms with Gasteiger partial charge in [-0.05, 0) is 44.2 Å². The summed E-state index contributed by atoms with van der Waals surface area (Å²) in [6.45, 7) is 4.13. The number of aromatic amines is 1. The maximum atomic E-state index is 12.5. The molecule has 3 aliphatic rings. The second-order valence-electron chi connectivity index (χ2n) is 9.19. The SMILES string of the molecule is C[C@@H]1COCCN1c1cc(C2(O)CC3CCC(C2)C3=O)c2cnn(-c3ccn[nH]3)c2n1. The molecule has 2 N–H and O–H groups in total. The van der Waals surface area contributed by atoms with Gasteiger partial charge in [-0.2, -0.15) is 14.9 Å². The molecule has 0 amide bonds. The minimum atomic E-state index is -1.06. The van der Waals surface area contributed by atoms with E-state index in [4.69, 9.17) is 9.72 Å². The van der Waals surface area contributed by atoms with Crippen molar-refractivity contribution in [1.82, 2.24) is 25.0 Å². The van der Waals surface area contributed by atoms with Crippen molar-refractivity contribution in [3.8, 4) is 5.82 Å². The van der Waals surface area contributed by atoms with Gasteiger partial charge >= 0.3 is 0 Å². The van der Waals surface area contributed by atoms with Crippen molar-refractivity contribution < 1.29 is 14.6 Å². The van der Waals surface area contributed by atoms with Crippen LogP contribution in [0, 0.1) is 11.8 Å². The number of ether oxygens (including phenoxy) is 1. The summed E-state index contributed by atoms with van der Waals surface area (Å²) < 4.78 is 7.34. The van der Waals surface area contributed by atoms with Gasteiger partial charge in [0.1, 0.15) is 11.6 Å². The molecular weight excluding hydrogens is 396 g/mol. The van der Waals surface area contributed by atoms with Crippen LogP contribution in [0.5, 0.6) is 0 Å². The van der Waals surface area contributed by atoms with Crippen LogP contribution in [0.4, 0.5) is 5.82 Å². The highest BCUT2D eigenvalue weighted by atomic mass is 16.5. The van der Waals surface area contributed by atoms with Gasteiger partial charge in [0.25, 0.3) is 0 Å². The molecule has 2 saturated carbocycles. The summed E-state index contributed by atoms with van der Waals surface area (Å²) in [5, 5.41) is 24.3. The fraction of sp³-hybridized carbons (Fsp3) is 0.545. The number of hydrogen-bond acceptors (Lipinski definition) is 7. The van der Waals surface area contributed by atoms with E-state index in [1.807, 2.05) is 12.1 Å². The number of carbonyl (C=O) groups is 1. The van der Waals surface area contributed by atoms with Crippen LogP contribution in [0.15, 0.2) is 24.5 Å². The predicted octanol–water partition coefficient (Wildman–Crippen LogP) is 1.95. The lowest BCUT2D eigenvalue weighted by Gasteiger charge is -2.38. The minimum absolute atomic E-state index is 0.0552. The molecule has 9 nitrogen and oxygen atoms in total. The van der Waals surface area contributed by atoms with Gasteiger partial charge in [0.15, 0.2) is 11.5 Å². The summed E-state index contributed by atoms with van der Waals surface area (Å²) in [5.74, 6) is 1.73. The zero-order chi connectivity index (χ0) is 21.2. The van der Waals surface area contributed by atoms with Crippen LogP contribution in [-0.4, -0.2) is 61.7 Å². The Morgan fingerprint density at radius 3 is 2.81 bits per heavy atom. The Bertz CT molecular complexity index is 1120. The lowest BCUT2D eigenvalue weighted by molar-refractivity contribution is -0.133. The standard InChI is InChI=1S/C22H26N6O3/c1-13-12-31-7-6-27(13)19-8-17(22(30)9-14-2-3-15(10-22)20(14)29)16-11-24-28(21(16)25-19)18-4-5-23-26-18/h4-5,8,11,13-15,30H,2-3,6-7,9-10,12H2,1H3,(H,23,26)/t13-,14?,15?,22?/m1/s1. The van der Waals surface area contributed by atoms with E-state index in [0.717, 1.165) is 36.2 Å². The fourth-order valence-corrected chi connectivity index (χ4v) is 5.67. The van der Waals surface area contributed by atoms with Crippen LogP contribution < -0.4 is 4.90 Å². The molecule has 31 heavy (non-hydrogen) atoms. The summed E-state index contributed by atoms with van der Waals surface area (Å²) >= 11 is 0. The van der Waals surface area contributed by atoms with E-state index in [0.29, 0.717) is 43.3 Å². The van der Waals surface area contributed by atoms with Gasteiger partial charge < -0.3 is 14.7 Å². The van der Waals surface area contributed by atoms with Crippen LogP contribution in [-0.2, 0) is 15.1 Å². The van der Waals surface area contributed by atoms with Crippen molar-refractivity contribution in [3.05, 3.63) is 30.1 Å². The van der Waals surface area contributed by atoms with Gasteiger partial charge in [0, 0.05) is 29.8 Å². The zero-order valence-corrected chi connectivity index (χ0v) is 17.5. The van der Waals surface area contributed by atoms with Crippen LogP contribution in [0.1, 0.15) is 38.2 Å². The van der Waals surface area contributed by atoms with Gasteiger partial charge in [-0.15, -0.1) is 0 Å². The second-order valence-corrected chi connectivity index (χ2v) is 9.19. The number of H-pyrrole nitrogens is 1. The normalized spacial score (nSPS) is 31.0. The van der Waals surface area contributed by atoms with Crippen molar-refractivity contribution in [2.45, 2.75) is 44.2 Å². The van der Waals surface area contributed by atoms with E-state index in [1.54, 1.807) is 17.1 Å². The Morgan fingerprint density at radius 1 is 1.29 bits per heavy atom. The number of pyridine rings is 1. The highest BCUT2D eigenvalue weighted by molar-refractivity contribution is 5.88. The topological polar surface area (TPSA) is 109 Å². The van der Waals surface area contributed by atoms with Crippen molar-refractivity contribution in [2.24, 2.45) is 11.8 Å². The predicted molar refractivity (Wildman–Crippen MR) is 113 cm³/mol. The number of anilines is 1. The molecule has 3 fully saturated rings. The summed E-state index contributed by atoms with van der Waals surface area (Å²) in [4.78, 5) is 19.7. The molecule has 2 bridgehead atoms. The van der Waals surface area contributed by atoms with Crippen molar-refractivity contribution in [1.29, 1.82) is 0 Å². The molecule has 1 aliphatic heterocycles. The zero-order valence-electron chi connectivity index (χ0n) is 17.5. The van der Waals surface area contributed by atoms with Gasteiger partial charge in [-0.25, -0.2) is 4.98 Å². The van der Waals surface area contributed by atoms with Crippen molar-refractivity contribution >= 4 is 22.6 Å². The lowest BCUT2D eigenvalue weighted by atomic mass is 9.72. The molecule has 9 heteroatoms. The third kappa shape index (κ3) is 2.90. The molecule has 3 aromatic rings. The number of nitrogens with zero attached hydrogens (tertiary/aromatic N) is 5. The molecule has 1 saturated heterocycles. The first-order valence-electron chi connectivity index (χ1n) is 11.0. The van der Waals surface area contributed by atoms with E-state index in [9.17, 15) is 9.90 Å². The number of rotatable bonds is 3. The summed E-state index contributed by atoms with van der Waals surface area (Å²) in [6.07, 6.45) is 6.13. The Kier molecular flexibility index (Phi) is 4.19. The molecule has 0 spiro atoms. The monoisotopic (exact) mass is 422 g/mol. The summed E-state index contributed by atoms with van der Waals surface area (Å²) in [7, 11) is 0. The largest absolute Gasteiger partial charge is 0.385 e. The Morgan fingerprint density at radius 2 is 2.10 bits per heavy atom. The maximum Gasteiger partial charge on any atom is 0.167 e. The van der Waals surface area contributed by atoms with Gasteiger partial charge in [0.05, 0.1) is 37.3 Å². The van der Waals surface area contributed by atoms with Crippen molar-refractivity contribution in [2.75, 3.05) is 24.7 Å². The van der Waals surface area contributed by atoms with Gasteiger partial charge in [-0.3, -0.25) is 9.89 Å². The molecule has 4 heterocycles. The third-order valence-corrected chi connectivity index (χ3v) is 7.24. The van der Waals surface area contributed by atoms with E-state index in [1.165, 1.54) is 0 Å². The van der Waals surface area contributed by atoms with Crippen molar-refractivity contribution in [3.63, 3.8) is 0 Å². The average molecular weight is 422 g/mol. The number of aliphatic hydroxyl groups is 1. The number of nitrogens with one attached hydrogen (secondary N) is 1.